The number of hydrogen-bond acceptors (Lipinski definition) is 6. The second-order valence-corrected chi connectivity index (χ2v) is 13.1. The van der Waals surface area contributed by atoms with E-state index in [1.807, 2.05) is 24.3 Å². The lowest BCUT2D eigenvalue weighted by Crippen LogP contribution is -2.51. The number of carboxylic acids is 1. The van der Waals surface area contributed by atoms with Crippen molar-refractivity contribution < 1.29 is 27.9 Å². The molecule has 3 aromatic rings. The van der Waals surface area contributed by atoms with Crippen LogP contribution in [0.2, 0.25) is 0 Å². The van der Waals surface area contributed by atoms with Gasteiger partial charge in [-0.25, -0.2) is 13.2 Å². The summed E-state index contributed by atoms with van der Waals surface area (Å²) in [5.41, 5.74) is 2.17. The van der Waals surface area contributed by atoms with E-state index in [1.54, 1.807) is 43.3 Å². The van der Waals surface area contributed by atoms with Crippen LogP contribution in [0.15, 0.2) is 71.6 Å². The van der Waals surface area contributed by atoms with Crippen LogP contribution in [-0.4, -0.2) is 59.8 Å². The predicted octanol–water partition coefficient (Wildman–Crippen LogP) is 4.91. The summed E-state index contributed by atoms with van der Waals surface area (Å²) in [5.74, 6) is -1.71. The normalized spacial score (nSPS) is 16.2. The van der Waals surface area contributed by atoms with Gasteiger partial charge in [0, 0.05) is 31.5 Å². The first-order valence-corrected chi connectivity index (χ1v) is 16.2. The van der Waals surface area contributed by atoms with Crippen LogP contribution in [0, 0.1) is 5.41 Å². The maximum atomic E-state index is 13.5. The average molecular weight is 606 g/mol. The van der Waals surface area contributed by atoms with Gasteiger partial charge in [0.2, 0.25) is 15.9 Å². The number of rotatable bonds is 15. The van der Waals surface area contributed by atoms with Gasteiger partial charge in [-0.2, -0.15) is 4.31 Å². The summed E-state index contributed by atoms with van der Waals surface area (Å²) >= 11 is 0. The monoisotopic (exact) mass is 605 g/mol. The summed E-state index contributed by atoms with van der Waals surface area (Å²) in [6.45, 7) is 1.96. The van der Waals surface area contributed by atoms with Crippen molar-refractivity contribution >= 4 is 44.2 Å². The highest BCUT2D eigenvalue weighted by molar-refractivity contribution is 7.89. The van der Waals surface area contributed by atoms with Gasteiger partial charge < -0.3 is 15.8 Å². The molecule has 3 aromatic carbocycles. The molecule has 0 aromatic heterocycles. The SMILES string of the molecule is CC(=N)CCCCCC(=O)Cc1ccc(C[C@H](NC(=O)[C@@H]2CCCN2S(=O)(=O)c2ccc3ccccc3c2)C(=O)O)cc1. The van der Waals surface area contributed by atoms with Gasteiger partial charge in [-0.05, 0) is 73.1 Å². The van der Waals surface area contributed by atoms with E-state index in [-0.39, 0.29) is 23.6 Å². The number of amides is 1. The fourth-order valence-electron chi connectivity index (χ4n) is 5.46. The number of Topliss-reactive ketones (excluding diaryl/α,β-unsaturated/α-hetero) is 1. The summed E-state index contributed by atoms with van der Waals surface area (Å²) in [6.07, 6.45) is 4.98. The highest BCUT2D eigenvalue weighted by atomic mass is 32.2. The molecule has 9 nitrogen and oxygen atoms in total. The van der Waals surface area contributed by atoms with E-state index in [4.69, 9.17) is 5.41 Å². The first-order valence-electron chi connectivity index (χ1n) is 14.7. The van der Waals surface area contributed by atoms with E-state index in [1.165, 1.54) is 10.4 Å². The topological polar surface area (TPSA) is 145 Å². The van der Waals surface area contributed by atoms with Gasteiger partial charge in [-0.1, -0.05) is 61.0 Å². The van der Waals surface area contributed by atoms with Crippen LogP contribution in [0.3, 0.4) is 0 Å². The van der Waals surface area contributed by atoms with Crippen LogP contribution in [0.4, 0.5) is 0 Å². The highest BCUT2D eigenvalue weighted by Crippen LogP contribution is 2.28. The van der Waals surface area contributed by atoms with Gasteiger partial charge in [-0.15, -0.1) is 0 Å². The third-order valence-corrected chi connectivity index (χ3v) is 9.72. The fourth-order valence-corrected chi connectivity index (χ4v) is 7.15. The molecule has 10 heteroatoms. The number of carbonyl (C=O) groups is 3. The maximum absolute atomic E-state index is 13.5. The molecule has 2 atom stereocenters. The number of sulfonamides is 1. The minimum absolute atomic E-state index is 0.0197. The number of nitrogens with one attached hydrogen (secondary N) is 2. The van der Waals surface area contributed by atoms with Crippen molar-refractivity contribution in [2.75, 3.05) is 6.54 Å². The maximum Gasteiger partial charge on any atom is 0.326 e. The number of carbonyl (C=O) groups excluding carboxylic acids is 2. The summed E-state index contributed by atoms with van der Waals surface area (Å²) in [4.78, 5) is 37.8. The van der Waals surface area contributed by atoms with Crippen LogP contribution >= 0.6 is 0 Å². The lowest BCUT2D eigenvalue weighted by Gasteiger charge is -2.25. The molecule has 0 bridgehead atoms. The Morgan fingerprint density at radius 1 is 0.953 bits per heavy atom. The third-order valence-electron chi connectivity index (χ3n) is 7.82. The Labute approximate surface area is 252 Å². The number of aliphatic carboxylic acids is 1. The van der Waals surface area contributed by atoms with E-state index in [0.717, 1.165) is 42.0 Å². The van der Waals surface area contributed by atoms with Crippen molar-refractivity contribution in [3.63, 3.8) is 0 Å². The van der Waals surface area contributed by atoms with Crippen molar-refractivity contribution in [3.05, 3.63) is 77.9 Å². The van der Waals surface area contributed by atoms with E-state index in [9.17, 15) is 27.9 Å². The predicted molar refractivity (Wildman–Crippen MR) is 166 cm³/mol. The molecule has 1 saturated heterocycles. The van der Waals surface area contributed by atoms with E-state index in [2.05, 4.69) is 5.32 Å². The number of hydrogen-bond donors (Lipinski definition) is 3. The molecule has 0 aliphatic carbocycles. The van der Waals surface area contributed by atoms with Crippen molar-refractivity contribution in [3.8, 4) is 0 Å². The lowest BCUT2D eigenvalue weighted by molar-refractivity contribution is -0.142. The highest BCUT2D eigenvalue weighted by Gasteiger charge is 2.40. The van der Waals surface area contributed by atoms with Crippen LogP contribution in [0.5, 0.6) is 0 Å². The van der Waals surface area contributed by atoms with Gasteiger partial charge in [0.15, 0.2) is 0 Å². The number of ketones is 1. The molecule has 228 valence electrons. The Kier molecular flexibility index (Phi) is 10.8. The van der Waals surface area contributed by atoms with Crippen LogP contribution in [0.1, 0.15) is 63.0 Å². The summed E-state index contributed by atoms with van der Waals surface area (Å²) in [7, 11) is -3.98. The van der Waals surface area contributed by atoms with Crippen molar-refractivity contribution in [1.29, 1.82) is 5.41 Å². The van der Waals surface area contributed by atoms with Gasteiger partial charge in [0.25, 0.3) is 0 Å². The van der Waals surface area contributed by atoms with Crippen LogP contribution in [-0.2, 0) is 37.2 Å². The molecule has 0 spiro atoms. The molecule has 4 rings (SSSR count). The molecule has 43 heavy (non-hydrogen) atoms. The van der Waals surface area contributed by atoms with Crippen molar-refractivity contribution in [2.24, 2.45) is 0 Å². The summed E-state index contributed by atoms with van der Waals surface area (Å²) in [6, 6.07) is 17.1. The van der Waals surface area contributed by atoms with E-state index < -0.39 is 34.0 Å². The molecular weight excluding hydrogens is 566 g/mol. The largest absolute Gasteiger partial charge is 0.480 e. The van der Waals surface area contributed by atoms with Gasteiger partial charge in [0.1, 0.15) is 17.9 Å². The molecule has 0 unspecified atom stereocenters. The number of benzene rings is 3. The molecule has 1 heterocycles. The molecule has 1 aliphatic heterocycles. The second-order valence-electron chi connectivity index (χ2n) is 11.3. The first-order chi connectivity index (χ1) is 20.5. The molecule has 0 saturated carbocycles. The summed E-state index contributed by atoms with van der Waals surface area (Å²) in [5, 5.41) is 21.6. The van der Waals surface area contributed by atoms with Gasteiger partial charge in [-0.3, -0.25) is 9.59 Å². The quantitative estimate of drug-likeness (QED) is 0.166. The molecule has 1 amide bonds. The molecule has 0 radical (unpaired) electrons. The zero-order valence-corrected chi connectivity index (χ0v) is 25.2. The van der Waals surface area contributed by atoms with Gasteiger partial charge in [0.05, 0.1) is 4.90 Å². The minimum Gasteiger partial charge on any atom is -0.480 e. The molecule has 1 fully saturated rings. The Morgan fingerprint density at radius 2 is 1.63 bits per heavy atom. The smallest absolute Gasteiger partial charge is 0.326 e. The Morgan fingerprint density at radius 3 is 2.33 bits per heavy atom. The fraction of sp³-hybridized carbons (Fsp3) is 0.394. The zero-order chi connectivity index (χ0) is 31.0. The van der Waals surface area contributed by atoms with Crippen LogP contribution < -0.4 is 5.32 Å². The Hall–Kier alpha value is -3.89. The number of fused-ring (bicyclic) bond motifs is 1. The molecule has 3 N–H and O–H groups in total. The van der Waals surface area contributed by atoms with E-state index >= 15 is 0 Å². The zero-order valence-electron chi connectivity index (χ0n) is 24.4. The first kappa shape index (κ1) is 32.0. The minimum atomic E-state index is -3.98. The Bertz CT molecular complexity index is 1590. The third kappa shape index (κ3) is 8.58. The molecule has 1 aliphatic rings. The van der Waals surface area contributed by atoms with Crippen molar-refractivity contribution in [1.82, 2.24) is 9.62 Å². The average Bonchev–Trinajstić information content (AvgIpc) is 3.48. The van der Waals surface area contributed by atoms with E-state index in [0.29, 0.717) is 37.0 Å². The lowest BCUT2D eigenvalue weighted by atomic mass is 10.00. The second kappa shape index (κ2) is 14.5. The number of carboxylic acid groups (broad SMARTS) is 1. The number of nitrogens with zero attached hydrogens (tertiary/aromatic N) is 1. The Balaban J connectivity index is 1.35. The van der Waals surface area contributed by atoms with Crippen molar-refractivity contribution in [2.45, 2.75) is 81.7 Å². The standard InChI is InChI=1S/C33H39N3O6S/c1-23(34)8-3-2-4-11-28(37)20-24-13-15-25(16-14-24)21-30(33(39)40)35-32(38)31-12-7-19-36(31)43(41,42)29-18-17-26-9-5-6-10-27(26)22-29/h5-6,9-10,13-18,22,30-31,34H,2-4,7-8,11-12,19-21H2,1H3,(H,35,38)(H,39,40)/t30-,31-/m0/s1. The van der Waals surface area contributed by atoms with Crippen LogP contribution in [0.25, 0.3) is 10.8 Å². The summed E-state index contributed by atoms with van der Waals surface area (Å²) < 4.78 is 28.2. The number of unbranched alkanes of at least 4 members (excludes halogenated alkanes) is 2. The molecular formula is C33H39N3O6S. The van der Waals surface area contributed by atoms with Gasteiger partial charge >= 0.3 is 5.97 Å².